The van der Waals surface area contributed by atoms with Gasteiger partial charge >= 0.3 is 0 Å². The van der Waals surface area contributed by atoms with Crippen molar-refractivity contribution in [1.29, 1.82) is 0 Å². The number of rotatable bonds is 11. The summed E-state index contributed by atoms with van der Waals surface area (Å²) in [4.78, 5) is 39.7. The number of amides is 3. The highest BCUT2D eigenvalue weighted by atomic mass is 32.2. The Morgan fingerprint density at radius 3 is 2.38 bits per heavy atom. The second-order valence-electron chi connectivity index (χ2n) is 10.7. The van der Waals surface area contributed by atoms with Gasteiger partial charge in [0.2, 0.25) is 12.7 Å². The highest BCUT2D eigenvalue weighted by Gasteiger charge is 2.17. The summed E-state index contributed by atoms with van der Waals surface area (Å²) in [7, 11) is 0. The number of anilines is 1. The largest absolute Gasteiger partial charge is 0.457 e. The van der Waals surface area contributed by atoms with E-state index in [9.17, 15) is 14.4 Å². The van der Waals surface area contributed by atoms with Gasteiger partial charge < -0.3 is 29.8 Å². The Balaban J connectivity index is 1.08. The Bertz CT molecular complexity index is 1920. The van der Waals surface area contributed by atoms with Gasteiger partial charge in [0.25, 0.3) is 11.8 Å². The molecule has 10 heteroatoms. The van der Waals surface area contributed by atoms with Crippen molar-refractivity contribution in [2.24, 2.45) is 0 Å². The Kier molecular flexibility index (Phi) is 9.69. The first-order valence-electron chi connectivity index (χ1n) is 14.8. The quantitative estimate of drug-likeness (QED) is 0.107. The van der Waals surface area contributed by atoms with Crippen LogP contribution in [0.25, 0.3) is 17.4 Å². The molecule has 236 valence electrons. The predicted octanol–water partition coefficient (Wildman–Crippen LogP) is 6.80. The van der Waals surface area contributed by atoms with Crippen molar-refractivity contribution in [2.75, 3.05) is 17.9 Å². The van der Waals surface area contributed by atoms with Crippen molar-refractivity contribution in [3.8, 4) is 22.8 Å². The minimum atomic E-state index is -0.522. The number of fused-ring (bicyclic) bond motifs is 1. The van der Waals surface area contributed by atoms with Crippen LogP contribution in [0.1, 0.15) is 27.2 Å². The average molecular weight is 646 g/mol. The SMILES string of the molecule is Cc1ccc(-c2ccc(/C=C(\NC(=O)c3ccccc3)C(=O)Nc3ccc(SCC(=O)NCc4ccc5c(c4)OCO5)cc3)o2)cc1. The van der Waals surface area contributed by atoms with Crippen LogP contribution in [0.2, 0.25) is 0 Å². The summed E-state index contributed by atoms with van der Waals surface area (Å²) in [6.45, 7) is 2.59. The summed E-state index contributed by atoms with van der Waals surface area (Å²) in [6, 6.07) is 32.8. The fraction of sp³-hybridized carbons (Fsp3) is 0.108. The summed E-state index contributed by atoms with van der Waals surface area (Å²) in [6.07, 6.45) is 1.50. The highest BCUT2D eigenvalue weighted by Crippen LogP contribution is 2.32. The number of ether oxygens (including phenoxy) is 2. The Morgan fingerprint density at radius 1 is 0.830 bits per heavy atom. The van der Waals surface area contributed by atoms with Crippen LogP contribution in [0.4, 0.5) is 5.69 Å². The van der Waals surface area contributed by atoms with E-state index in [0.717, 1.165) is 21.6 Å². The van der Waals surface area contributed by atoms with E-state index >= 15 is 0 Å². The molecule has 0 atom stereocenters. The lowest BCUT2D eigenvalue weighted by molar-refractivity contribution is -0.118. The van der Waals surface area contributed by atoms with Gasteiger partial charge in [-0.15, -0.1) is 11.8 Å². The standard InChI is InChI=1S/C37H31N3O6S/c1-24-7-10-26(11-8-24)32-18-14-29(46-32)20-31(40-36(42)27-5-3-2-4-6-27)37(43)39-28-12-15-30(16-13-28)47-22-35(41)38-21-25-9-17-33-34(19-25)45-23-44-33/h2-20H,21-23H2,1H3,(H,38,41)(H,39,43)(H,40,42)/b31-20-. The Hall–Kier alpha value is -5.74. The zero-order valence-electron chi connectivity index (χ0n) is 25.4. The highest BCUT2D eigenvalue weighted by molar-refractivity contribution is 8.00. The van der Waals surface area contributed by atoms with Crippen molar-refractivity contribution in [3.63, 3.8) is 0 Å². The van der Waals surface area contributed by atoms with E-state index in [1.807, 2.05) is 73.7 Å². The van der Waals surface area contributed by atoms with Crippen LogP contribution >= 0.6 is 11.8 Å². The molecule has 47 heavy (non-hydrogen) atoms. The molecule has 2 heterocycles. The molecule has 0 saturated heterocycles. The topological polar surface area (TPSA) is 119 Å². The second kappa shape index (κ2) is 14.6. The molecule has 0 saturated carbocycles. The molecule has 0 radical (unpaired) electrons. The first kappa shape index (κ1) is 31.3. The number of carbonyl (C=O) groups is 3. The molecule has 5 aromatic rings. The fourth-order valence-electron chi connectivity index (χ4n) is 4.67. The van der Waals surface area contributed by atoms with Gasteiger partial charge in [-0.1, -0.05) is 54.1 Å². The smallest absolute Gasteiger partial charge is 0.272 e. The van der Waals surface area contributed by atoms with Gasteiger partial charge in [0, 0.05) is 34.3 Å². The van der Waals surface area contributed by atoms with Crippen LogP contribution < -0.4 is 25.4 Å². The van der Waals surface area contributed by atoms with Gasteiger partial charge in [-0.05, 0) is 73.2 Å². The number of furan rings is 1. The molecule has 6 rings (SSSR count). The number of carbonyl (C=O) groups excluding carboxylic acids is 3. The van der Waals surface area contributed by atoms with E-state index in [1.165, 1.54) is 17.8 Å². The van der Waals surface area contributed by atoms with Crippen LogP contribution in [0.3, 0.4) is 0 Å². The van der Waals surface area contributed by atoms with Crippen LogP contribution in [0.15, 0.2) is 124 Å². The van der Waals surface area contributed by atoms with Crippen LogP contribution in [0, 0.1) is 6.92 Å². The van der Waals surface area contributed by atoms with E-state index < -0.39 is 11.8 Å². The first-order valence-corrected chi connectivity index (χ1v) is 15.8. The van der Waals surface area contributed by atoms with Gasteiger partial charge in [-0.2, -0.15) is 0 Å². The number of hydrogen-bond acceptors (Lipinski definition) is 7. The minimum absolute atomic E-state index is 0.0150. The summed E-state index contributed by atoms with van der Waals surface area (Å²) in [5.74, 6) is 1.58. The van der Waals surface area contributed by atoms with Crippen molar-refractivity contribution < 1.29 is 28.3 Å². The molecule has 0 fully saturated rings. The van der Waals surface area contributed by atoms with Crippen LogP contribution in [-0.2, 0) is 16.1 Å². The van der Waals surface area contributed by atoms with Crippen LogP contribution in [0.5, 0.6) is 11.5 Å². The molecular formula is C37H31N3O6S. The monoisotopic (exact) mass is 645 g/mol. The third kappa shape index (κ3) is 8.30. The third-order valence-corrected chi connectivity index (χ3v) is 8.20. The van der Waals surface area contributed by atoms with Crippen molar-refractivity contribution in [3.05, 3.63) is 137 Å². The molecule has 3 N–H and O–H groups in total. The lowest BCUT2D eigenvalue weighted by Crippen LogP contribution is -2.30. The molecule has 1 aliphatic rings. The van der Waals surface area contributed by atoms with Crippen molar-refractivity contribution >= 4 is 41.2 Å². The molecule has 1 aliphatic heterocycles. The van der Waals surface area contributed by atoms with Gasteiger partial charge in [-0.3, -0.25) is 14.4 Å². The number of nitrogens with one attached hydrogen (secondary N) is 3. The first-order chi connectivity index (χ1) is 22.9. The molecule has 3 amide bonds. The zero-order valence-corrected chi connectivity index (χ0v) is 26.3. The summed E-state index contributed by atoms with van der Waals surface area (Å²) < 4.78 is 16.7. The van der Waals surface area contributed by atoms with E-state index in [1.54, 1.807) is 42.5 Å². The number of benzene rings is 4. The van der Waals surface area contributed by atoms with Gasteiger partial charge in [-0.25, -0.2) is 0 Å². The number of thioether (sulfide) groups is 1. The van der Waals surface area contributed by atoms with E-state index in [0.29, 0.717) is 40.8 Å². The maximum absolute atomic E-state index is 13.4. The molecule has 9 nitrogen and oxygen atoms in total. The molecular weight excluding hydrogens is 614 g/mol. The fourth-order valence-corrected chi connectivity index (χ4v) is 5.40. The predicted molar refractivity (Wildman–Crippen MR) is 181 cm³/mol. The Morgan fingerprint density at radius 2 is 1.60 bits per heavy atom. The van der Waals surface area contributed by atoms with E-state index in [2.05, 4.69) is 16.0 Å². The lowest BCUT2D eigenvalue weighted by atomic mass is 10.1. The van der Waals surface area contributed by atoms with Crippen LogP contribution in [-0.4, -0.2) is 30.3 Å². The zero-order chi connectivity index (χ0) is 32.6. The maximum Gasteiger partial charge on any atom is 0.272 e. The maximum atomic E-state index is 13.4. The average Bonchev–Trinajstić information content (AvgIpc) is 3.77. The molecule has 0 aliphatic carbocycles. The van der Waals surface area contributed by atoms with Gasteiger partial charge in [0.1, 0.15) is 17.2 Å². The Labute approximate surface area is 276 Å². The van der Waals surface area contributed by atoms with Crippen molar-refractivity contribution in [1.82, 2.24) is 10.6 Å². The summed E-state index contributed by atoms with van der Waals surface area (Å²) in [5, 5.41) is 8.48. The number of aryl methyl sites for hydroxylation is 1. The second-order valence-corrected chi connectivity index (χ2v) is 11.7. The minimum Gasteiger partial charge on any atom is -0.457 e. The summed E-state index contributed by atoms with van der Waals surface area (Å²) >= 11 is 1.38. The van der Waals surface area contributed by atoms with Gasteiger partial charge in [0.15, 0.2) is 11.5 Å². The molecule has 0 bridgehead atoms. The molecule has 0 spiro atoms. The molecule has 4 aromatic carbocycles. The third-order valence-electron chi connectivity index (χ3n) is 7.19. The van der Waals surface area contributed by atoms with E-state index in [4.69, 9.17) is 13.9 Å². The normalized spacial score (nSPS) is 12.0. The molecule has 0 unspecified atom stereocenters. The van der Waals surface area contributed by atoms with Crippen molar-refractivity contribution in [2.45, 2.75) is 18.4 Å². The summed E-state index contributed by atoms with van der Waals surface area (Å²) in [5.41, 5.74) is 3.89. The van der Waals surface area contributed by atoms with Gasteiger partial charge in [0.05, 0.1) is 5.75 Å². The lowest BCUT2D eigenvalue weighted by Gasteiger charge is -2.11. The molecule has 1 aromatic heterocycles. The number of hydrogen-bond donors (Lipinski definition) is 3. The van der Waals surface area contributed by atoms with E-state index in [-0.39, 0.29) is 24.2 Å².